The Balaban J connectivity index is 2.52. The van der Waals surface area contributed by atoms with Crippen molar-refractivity contribution >= 4 is 5.97 Å². The summed E-state index contributed by atoms with van der Waals surface area (Å²) in [5.41, 5.74) is 4.09. The summed E-state index contributed by atoms with van der Waals surface area (Å²) in [6.07, 6.45) is 0. The lowest BCUT2D eigenvalue weighted by molar-refractivity contribution is 0.0593. The van der Waals surface area contributed by atoms with Gasteiger partial charge in [0.1, 0.15) is 0 Å². The van der Waals surface area contributed by atoms with Crippen LogP contribution < -0.4 is 0 Å². The Morgan fingerprint density at radius 3 is 2.33 bits per heavy atom. The van der Waals surface area contributed by atoms with Crippen LogP contribution in [0, 0.1) is 20.8 Å². The maximum absolute atomic E-state index is 11.5. The normalized spacial score (nSPS) is 10.4. The molecular weight excluding hydrogens is 230 g/mol. The zero-order valence-electron chi connectivity index (χ0n) is 10.9. The van der Waals surface area contributed by atoms with E-state index in [1.165, 1.54) is 7.11 Å². The summed E-state index contributed by atoms with van der Waals surface area (Å²) in [4.78, 5) is 11.5. The maximum Gasteiger partial charge on any atom is 0.360 e. The first-order chi connectivity index (χ1) is 8.52. The lowest BCUT2D eigenvalue weighted by Gasteiger charge is -2.06. The van der Waals surface area contributed by atoms with Crippen molar-refractivity contribution in [1.29, 1.82) is 0 Å². The Hall–Kier alpha value is -2.17. The van der Waals surface area contributed by atoms with E-state index >= 15 is 0 Å². The fourth-order valence-electron chi connectivity index (χ4n) is 1.93. The molecule has 5 heteroatoms. The molecule has 0 atom stereocenters. The largest absolute Gasteiger partial charge is 0.464 e. The van der Waals surface area contributed by atoms with E-state index in [0.717, 1.165) is 16.8 Å². The minimum atomic E-state index is -0.469. The van der Waals surface area contributed by atoms with Gasteiger partial charge in [0, 0.05) is 0 Å². The van der Waals surface area contributed by atoms with Crippen molar-refractivity contribution in [1.82, 2.24) is 15.0 Å². The zero-order chi connectivity index (χ0) is 13.3. The number of benzene rings is 1. The average Bonchev–Trinajstić information content (AvgIpc) is 2.69. The number of ether oxygens (including phenoxy) is 1. The quantitative estimate of drug-likeness (QED) is 0.759. The van der Waals surface area contributed by atoms with Gasteiger partial charge in [-0.05, 0) is 44.0 Å². The molecule has 1 aromatic heterocycles. The van der Waals surface area contributed by atoms with Gasteiger partial charge in [-0.1, -0.05) is 11.3 Å². The van der Waals surface area contributed by atoms with Crippen LogP contribution in [0.5, 0.6) is 0 Å². The van der Waals surface area contributed by atoms with Crippen LogP contribution in [-0.4, -0.2) is 28.1 Å². The van der Waals surface area contributed by atoms with E-state index in [9.17, 15) is 4.79 Å². The van der Waals surface area contributed by atoms with E-state index in [2.05, 4.69) is 21.1 Å². The van der Waals surface area contributed by atoms with Crippen molar-refractivity contribution in [2.75, 3.05) is 7.11 Å². The molecule has 0 bridgehead atoms. The monoisotopic (exact) mass is 245 g/mol. The highest BCUT2D eigenvalue weighted by Crippen LogP contribution is 2.16. The molecule has 0 saturated heterocycles. The molecule has 0 fully saturated rings. The third-order valence-electron chi connectivity index (χ3n) is 2.72. The van der Waals surface area contributed by atoms with Gasteiger partial charge >= 0.3 is 5.97 Å². The van der Waals surface area contributed by atoms with Crippen molar-refractivity contribution in [3.8, 4) is 5.69 Å². The highest BCUT2D eigenvalue weighted by atomic mass is 16.5. The summed E-state index contributed by atoms with van der Waals surface area (Å²) in [6, 6.07) is 6.07. The van der Waals surface area contributed by atoms with Crippen LogP contribution in [0.25, 0.3) is 5.69 Å². The molecule has 0 unspecified atom stereocenters. The maximum atomic E-state index is 11.5. The molecule has 0 spiro atoms. The summed E-state index contributed by atoms with van der Waals surface area (Å²) in [6.45, 7) is 5.83. The number of aryl methyl sites for hydroxylation is 2. The summed E-state index contributed by atoms with van der Waals surface area (Å²) in [5.74, 6) is -0.469. The summed E-state index contributed by atoms with van der Waals surface area (Å²) < 4.78 is 6.30. The van der Waals surface area contributed by atoms with Gasteiger partial charge in [0.2, 0.25) is 0 Å². The van der Waals surface area contributed by atoms with Gasteiger partial charge in [-0.25, -0.2) is 9.48 Å². The molecular formula is C13H15N3O2. The zero-order valence-corrected chi connectivity index (χ0v) is 10.9. The number of rotatable bonds is 2. The second kappa shape index (κ2) is 4.60. The van der Waals surface area contributed by atoms with Crippen LogP contribution in [-0.2, 0) is 4.74 Å². The van der Waals surface area contributed by atoms with Gasteiger partial charge in [0.05, 0.1) is 18.5 Å². The fourth-order valence-corrected chi connectivity index (χ4v) is 1.93. The Morgan fingerprint density at radius 1 is 1.17 bits per heavy atom. The molecule has 2 rings (SSSR count). The SMILES string of the molecule is COC(=O)c1nnn(-c2cc(C)cc(C)c2)c1C. The second-order valence-electron chi connectivity index (χ2n) is 4.27. The first-order valence-corrected chi connectivity index (χ1v) is 5.62. The smallest absolute Gasteiger partial charge is 0.360 e. The van der Waals surface area contributed by atoms with Crippen molar-refractivity contribution in [3.05, 3.63) is 40.7 Å². The number of carbonyl (C=O) groups is 1. The number of hydrogen-bond donors (Lipinski definition) is 0. The standard InChI is InChI=1S/C13H15N3O2/c1-8-5-9(2)7-11(6-8)16-10(3)12(14-15-16)13(17)18-4/h5-7H,1-4H3. The predicted molar refractivity (Wildman–Crippen MR) is 66.9 cm³/mol. The third kappa shape index (κ3) is 2.11. The van der Waals surface area contributed by atoms with Crippen LogP contribution in [0.1, 0.15) is 27.3 Å². The summed E-state index contributed by atoms with van der Waals surface area (Å²) in [7, 11) is 1.33. The fraction of sp³-hybridized carbons (Fsp3) is 0.308. The molecule has 1 heterocycles. The highest BCUT2D eigenvalue weighted by Gasteiger charge is 2.17. The number of carbonyl (C=O) groups excluding carboxylic acids is 1. The number of aromatic nitrogens is 3. The first kappa shape index (κ1) is 12.3. The van der Waals surface area contributed by atoms with E-state index in [1.807, 2.05) is 26.0 Å². The molecule has 0 aliphatic rings. The molecule has 2 aromatic rings. The highest BCUT2D eigenvalue weighted by molar-refractivity contribution is 5.88. The molecule has 94 valence electrons. The van der Waals surface area contributed by atoms with Gasteiger partial charge in [0.25, 0.3) is 0 Å². The summed E-state index contributed by atoms with van der Waals surface area (Å²) >= 11 is 0. The Morgan fingerprint density at radius 2 is 1.78 bits per heavy atom. The van der Waals surface area contributed by atoms with Crippen molar-refractivity contribution < 1.29 is 9.53 Å². The molecule has 1 aromatic carbocycles. The van der Waals surface area contributed by atoms with Crippen molar-refractivity contribution in [3.63, 3.8) is 0 Å². The van der Waals surface area contributed by atoms with Crippen LogP contribution in [0.3, 0.4) is 0 Å². The van der Waals surface area contributed by atoms with Gasteiger partial charge in [-0.2, -0.15) is 0 Å². The minimum Gasteiger partial charge on any atom is -0.464 e. The van der Waals surface area contributed by atoms with Crippen molar-refractivity contribution in [2.45, 2.75) is 20.8 Å². The Labute approximate surface area is 105 Å². The van der Waals surface area contributed by atoms with Gasteiger partial charge in [-0.3, -0.25) is 0 Å². The number of hydrogen-bond acceptors (Lipinski definition) is 4. The molecule has 5 nitrogen and oxygen atoms in total. The minimum absolute atomic E-state index is 0.247. The number of esters is 1. The van der Waals surface area contributed by atoms with E-state index in [4.69, 9.17) is 0 Å². The molecule has 0 amide bonds. The lowest BCUT2D eigenvalue weighted by atomic mass is 10.1. The average molecular weight is 245 g/mol. The van der Waals surface area contributed by atoms with Crippen LogP contribution in [0.15, 0.2) is 18.2 Å². The van der Waals surface area contributed by atoms with E-state index < -0.39 is 5.97 Å². The van der Waals surface area contributed by atoms with E-state index in [1.54, 1.807) is 11.6 Å². The molecule has 0 aliphatic heterocycles. The second-order valence-corrected chi connectivity index (χ2v) is 4.27. The van der Waals surface area contributed by atoms with Gasteiger partial charge in [-0.15, -0.1) is 5.10 Å². The van der Waals surface area contributed by atoms with Gasteiger partial charge < -0.3 is 4.74 Å². The van der Waals surface area contributed by atoms with E-state index in [0.29, 0.717) is 5.69 Å². The topological polar surface area (TPSA) is 57.0 Å². The number of methoxy groups -OCH3 is 1. The predicted octanol–water partition coefficient (Wildman–Crippen LogP) is 1.98. The van der Waals surface area contributed by atoms with Crippen LogP contribution in [0.2, 0.25) is 0 Å². The molecule has 0 saturated carbocycles. The molecule has 18 heavy (non-hydrogen) atoms. The third-order valence-corrected chi connectivity index (χ3v) is 2.72. The molecule has 0 aliphatic carbocycles. The first-order valence-electron chi connectivity index (χ1n) is 5.62. The van der Waals surface area contributed by atoms with Crippen LogP contribution >= 0.6 is 0 Å². The van der Waals surface area contributed by atoms with Crippen LogP contribution in [0.4, 0.5) is 0 Å². The molecule has 0 N–H and O–H groups in total. The van der Waals surface area contributed by atoms with E-state index in [-0.39, 0.29) is 5.69 Å². The molecule has 0 radical (unpaired) electrons. The Bertz CT molecular complexity index is 582. The lowest BCUT2D eigenvalue weighted by Crippen LogP contribution is -2.05. The number of nitrogens with zero attached hydrogens (tertiary/aromatic N) is 3. The Kier molecular flexibility index (Phi) is 3.14. The van der Waals surface area contributed by atoms with Gasteiger partial charge in [0.15, 0.2) is 5.69 Å². The summed E-state index contributed by atoms with van der Waals surface area (Å²) in [5, 5.41) is 7.86. The van der Waals surface area contributed by atoms with Crippen molar-refractivity contribution in [2.24, 2.45) is 0 Å².